The number of hydrogen-bond donors (Lipinski definition) is 0. The third-order valence-corrected chi connectivity index (χ3v) is 22.0. The number of carbonyl (C=O) groups excluding carboxylic acids is 2. The molecule has 0 saturated carbocycles. The molecular weight excluding hydrogens is 775 g/mol. The van der Waals surface area contributed by atoms with Gasteiger partial charge in [-0.3, -0.25) is 0 Å². The van der Waals surface area contributed by atoms with Crippen molar-refractivity contribution in [2.45, 2.75) is 242 Å². The van der Waals surface area contributed by atoms with Gasteiger partial charge < -0.3 is 0 Å². The molecule has 0 unspecified atom stereocenters. The molecule has 7 heteroatoms. The van der Waals surface area contributed by atoms with Gasteiger partial charge in [0.1, 0.15) is 0 Å². The van der Waals surface area contributed by atoms with E-state index in [1.165, 1.54) is 180 Å². The van der Waals surface area contributed by atoms with Gasteiger partial charge in [0.2, 0.25) is 0 Å². The number of hydrogen-bond acceptors (Lipinski definition) is 6. The van der Waals surface area contributed by atoms with Gasteiger partial charge in [-0.05, 0) is 0 Å². The first-order valence-electron chi connectivity index (χ1n) is 22.6. The summed E-state index contributed by atoms with van der Waals surface area (Å²) in [6, 6.07) is 0. The SMILES string of the molecule is CCCCCCCCCCCCCCCCSCC(=O)[O][Sn]([CH2]CCC)([CH2]CCC)[O]C(=O)CSCCCCCCCCCCCCCCCC. The Hall–Kier alpha value is 0.439. The monoisotopic (exact) mass is 865 g/mol. The molecule has 0 saturated heterocycles. The molecule has 0 spiro atoms. The molecule has 0 aliphatic heterocycles. The maximum atomic E-state index is 13.0. The Labute approximate surface area is 333 Å². The second-order valence-electron chi connectivity index (χ2n) is 15.4. The molecule has 0 aromatic heterocycles. The Morgan fingerprint density at radius 3 is 0.843 bits per heavy atom. The maximum absolute atomic E-state index is 13.0. The van der Waals surface area contributed by atoms with E-state index >= 15 is 0 Å². The fourth-order valence-electron chi connectivity index (χ4n) is 6.82. The minimum atomic E-state index is -3.83. The predicted octanol–water partition coefficient (Wildman–Crippen LogP) is 15.5. The molecule has 51 heavy (non-hydrogen) atoms. The molecule has 0 aromatic rings. The summed E-state index contributed by atoms with van der Waals surface area (Å²) in [6.45, 7) is 8.90. The van der Waals surface area contributed by atoms with Gasteiger partial charge >= 0.3 is 232 Å². The van der Waals surface area contributed by atoms with E-state index in [1.807, 2.05) is 0 Å². The Bertz CT molecular complexity index is 678. The van der Waals surface area contributed by atoms with Crippen LogP contribution >= 0.6 is 23.5 Å². The zero-order valence-corrected chi connectivity index (χ0v) is 39.3. The van der Waals surface area contributed by atoms with E-state index in [9.17, 15) is 9.59 Å². The van der Waals surface area contributed by atoms with Crippen LogP contribution in [0.2, 0.25) is 8.87 Å². The molecule has 0 aromatic carbocycles. The predicted molar refractivity (Wildman–Crippen MR) is 233 cm³/mol. The van der Waals surface area contributed by atoms with Crippen molar-refractivity contribution >= 4 is 54.7 Å². The summed E-state index contributed by atoms with van der Waals surface area (Å²) in [6.07, 6.45) is 42.2. The molecule has 0 atom stereocenters. The second kappa shape index (κ2) is 41.6. The van der Waals surface area contributed by atoms with E-state index in [2.05, 4.69) is 27.7 Å². The van der Waals surface area contributed by atoms with Crippen LogP contribution in [-0.4, -0.2) is 54.2 Å². The first-order chi connectivity index (χ1) is 25.0. The molecule has 0 aliphatic rings. The van der Waals surface area contributed by atoms with Gasteiger partial charge in [0.25, 0.3) is 0 Å². The number of thioether (sulfide) groups is 2. The van der Waals surface area contributed by atoms with Gasteiger partial charge in [-0.1, -0.05) is 104 Å². The van der Waals surface area contributed by atoms with E-state index in [0.29, 0.717) is 11.5 Å². The molecule has 0 heterocycles. The molecule has 4 nitrogen and oxygen atoms in total. The molecule has 0 fully saturated rings. The van der Waals surface area contributed by atoms with Crippen molar-refractivity contribution in [1.29, 1.82) is 0 Å². The fourth-order valence-corrected chi connectivity index (χ4v) is 18.8. The first kappa shape index (κ1) is 51.4. The van der Waals surface area contributed by atoms with Gasteiger partial charge in [0.05, 0.1) is 0 Å². The summed E-state index contributed by atoms with van der Waals surface area (Å²) < 4.78 is 14.1. The second-order valence-corrected chi connectivity index (χ2v) is 26.8. The standard InChI is InChI=1S/2C18H36O2S.2C4H9.Sn/c2*1-2-3-4-5-6-7-8-9-10-11-12-13-14-15-16-21-17-18(19)20;2*1-3-4-2;/h2*2-17H2,1H3,(H,19,20);2*1,3-4H2,2H3;/q;;;;+2/p-2. The minimum Gasteiger partial charge on any atom is -0.0654 e. The fraction of sp³-hybridized carbons (Fsp3) is 0.955. The zero-order valence-electron chi connectivity index (χ0n) is 34.8. The van der Waals surface area contributed by atoms with Crippen molar-refractivity contribution < 1.29 is 15.7 Å². The molecule has 0 radical (unpaired) electrons. The molecule has 0 amide bonds. The molecular formula is C44H88O4S2Sn. The van der Waals surface area contributed by atoms with Crippen LogP contribution < -0.4 is 0 Å². The third kappa shape index (κ3) is 37.2. The normalized spacial score (nSPS) is 11.7. The van der Waals surface area contributed by atoms with Crippen molar-refractivity contribution in [3.05, 3.63) is 0 Å². The van der Waals surface area contributed by atoms with Gasteiger partial charge in [-0.25, -0.2) is 0 Å². The topological polar surface area (TPSA) is 52.6 Å². The summed E-state index contributed by atoms with van der Waals surface area (Å²) in [4.78, 5) is 26.1. The molecule has 0 bridgehead atoms. The molecule has 0 rings (SSSR count). The van der Waals surface area contributed by atoms with E-state index < -0.39 is 19.2 Å². The van der Waals surface area contributed by atoms with Gasteiger partial charge in [0.15, 0.2) is 0 Å². The van der Waals surface area contributed by atoms with Crippen LogP contribution in [0.25, 0.3) is 0 Å². The third-order valence-electron chi connectivity index (χ3n) is 10.1. The summed E-state index contributed by atoms with van der Waals surface area (Å²) in [5, 5.41) is 0. The zero-order chi connectivity index (χ0) is 37.4. The molecule has 0 N–H and O–H groups in total. The van der Waals surface area contributed by atoms with E-state index in [-0.39, 0.29) is 11.9 Å². The van der Waals surface area contributed by atoms with Crippen molar-refractivity contribution in [2.75, 3.05) is 23.0 Å². The molecule has 0 aliphatic carbocycles. The van der Waals surface area contributed by atoms with Crippen molar-refractivity contribution in [3.8, 4) is 0 Å². The van der Waals surface area contributed by atoms with Crippen LogP contribution in [0.5, 0.6) is 0 Å². The number of unbranched alkanes of at least 4 members (excludes halogenated alkanes) is 28. The van der Waals surface area contributed by atoms with Crippen LogP contribution in [0.3, 0.4) is 0 Å². The van der Waals surface area contributed by atoms with Gasteiger partial charge in [0, 0.05) is 0 Å². The van der Waals surface area contributed by atoms with Crippen LogP contribution in [0.15, 0.2) is 0 Å². The summed E-state index contributed by atoms with van der Waals surface area (Å²) in [7, 11) is 0. The van der Waals surface area contributed by atoms with Crippen LogP contribution in [0, 0.1) is 0 Å². The van der Waals surface area contributed by atoms with E-state index in [1.54, 1.807) is 23.5 Å². The first-order valence-corrected chi connectivity index (χ1v) is 31.3. The molecule has 304 valence electrons. The smallest absolute Gasteiger partial charge is 0.0654 e. The summed E-state index contributed by atoms with van der Waals surface area (Å²) >= 11 is -0.434. The van der Waals surface area contributed by atoms with E-state index in [4.69, 9.17) is 6.15 Å². The van der Waals surface area contributed by atoms with Crippen molar-refractivity contribution in [3.63, 3.8) is 0 Å². The van der Waals surface area contributed by atoms with Crippen LogP contribution in [0.4, 0.5) is 0 Å². The van der Waals surface area contributed by atoms with E-state index in [0.717, 1.165) is 46.1 Å². The quantitative estimate of drug-likeness (QED) is 0.0450. The minimum absolute atomic E-state index is 0.142. The van der Waals surface area contributed by atoms with Crippen LogP contribution in [-0.2, 0) is 15.7 Å². The average molecular weight is 864 g/mol. The van der Waals surface area contributed by atoms with Gasteiger partial charge in [-0.15, -0.1) is 0 Å². The Balaban J connectivity index is 4.13. The summed E-state index contributed by atoms with van der Waals surface area (Å²) in [5.41, 5.74) is 0. The Kier molecular flexibility index (Phi) is 42.0. The summed E-state index contributed by atoms with van der Waals surface area (Å²) in [5.74, 6) is 2.51. The van der Waals surface area contributed by atoms with Crippen LogP contribution in [0.1, 0.15) is 233 Å². The van der Waals surface area contributed by atoms with Crippen molar-refractivity contribution in [1.82, 2.24) is 0 Å². The average Bonchev–Trinajstić information content (AvgIpc) is 3.12. The Morgan fingerprint density at radius 2 is 0.588 bits per heavy atom. The number of carbonyl (C=O) groups is 2. The van der Waals surface area contributed by atoms with Gasteiger partial charge in [-0.2, -0.15) is 0 Å². The number of rotatable bonds is 42. The Morgan fingerprint density at radius 1 is 0.353 bits per heavy atom. The van der Waals surface area contributed by atoms with Crippen molar-refractivity contribution in [2.24, 2.45) is 0 Å².